The van der Waals surface area contributed by atoms with E-state index in [0.29, 0.717) is 18.3 Å². The molecule has 1 amide bonds. The second kappa shape index (κ2) is 5.21. The summed E-state index contributed by atoms with van der Waals surface area (Å²) in [6.07, 6.45) is 3.36. The highest BCUT2D eigenvalue weighted by molar-refractivity contribution is 5.98. The van der Waals surface area contributed by atoms with E-state index in [-0.39, 0.29) is 17.2 Å². The maximum absolute atomic E-state index is 12.3. The number of pyridine rings is 1. The van der Waals surface area contributed by atoms with Crippen LogP contribution in [0.5, 0.6) is 0 Å². The number of nitrogens with zero attached hydrogens (tertiary/aromatic N) is 3. The number of anilines is 1. The number of nitro groups is 1. The topological polar surface area (TPSA) is 88.4 Å². The van der Waals surface area contributed by atoms with Crippen molar-refractivity contribution < 1.29 is 9.72 Å². The Kier molecular flexibility index (Phi) is 3.64. The van der Waals surface area contributed by atoms with E-state index < -0.39 is 4.92 Å². The lowest BCUT2D eigenvalue weighted by Gasteiger charge is -2.17. The van der Waals surface area contributed by atoms with E-state index in [9.17, 15) is 14.9 Å². The van der Waals surface area contributed by atoms with Crippen LogP contribution >= 0.6 is 0 Å². The molecule has 1 aromatic rings. The third kappa shape index (κ3) is 2.98. The zero-order valence-corrected chi connectivity index (χ0v) is 10.9. The number of carbonyl (C=O) groups excluding carboxylic acids is 1. The Balaban J connectivity index is 2.28. The minimum Gasteiger partial charge on any atom is -0.373 e. The molecule has 1 saturated carbocycles. The maximum Gasteiger partial charge on any atom is 0.300 e. The van der Waals surface area contributed by atoms with Gasteiger partial charge < -0.3 is 10.2 Å². The lowest BCUT2D eigenvalue weighted by Crippen LogP contribution is -2.29. The zero-order chi connectivity index (χ0) is 14.0. The number of nitrogens with one attached hydrogen (secondary N) is 1. The predicted octanol–water partition coefficient (Wildman–Crippen LogP) is 1.51. The molecular weight excluding hydrogens is 248 g/mol. The summed E-state index contributed by atoms with van der Waals surface area (Å²) in [6.45, 7) is 0.646. The van der Waals surface area contributed by atoms with Crippen LogP contribution in [-0.2, 0) is 0 Å². The van der Waals surface area contributed by atoms with Gasteiger partial charge >= 0.3 is 0 Å². The van der Waals surface area contributed by atoms with Crippen LogP contribution in [0.25, 0.3) is 0 Å². The van der Waals surface area contributed by atoms with Crippen molar-refractivity contribution in [2.45, 2.75) is 12.8 Å². The summed E-state index contributed by atoms with van der Waals surface area (Å²) in [6, 6.07) is 1.42. The molecule has 0 unspecified atom stereocenters. The zero-order valence-electron chi connectivity index (χ0n) is 10.9. The number of aromatic nitrogens is 1. The lowest BCUT2D eigenvalue weighted by atomic mass is 10.2. The predicted molar refractivity (Wildman–Crippen MR) is 70.1 cm³/mol. The smallest absolute Gasteiger partial charge is 0.300 e. The lowest BCUT2D eigenvalue weighted by molar-refractivity contribution is -0.385. The number of hydrogen-bond acceptors (Lipinski definition) is 5. The van der Waals surface area contributed by atoms with E-state index in [1.54, 1.807) is 19.0 Å². The van der Waals surface area contributed by atoms with Crippen molar-refractivity contribution in [2.24, 2.45) is 5.92 Å². The van der Waals surface area contributed by atoms with Crippen LogP contribution in [0.1, 0.15) is 23.2 Å². The highest BCUT2D eigenvalue weighted by atomic mass is 16.6. The molecule has 102 valence electrons. The Labute approximate surface area is 110 Å². The van der Waals surface area contributed by atoms with Crippen molar-refractivity contribution in [3.63, 3.8) is 0 Å². The molecule has 2 rings (SSSR count). The van der Waals surface area contributed by atoms with Crippen molar-refractivity contribution >= 4 is 17.4 Å². The summed E-state index contributed by atoms with van der Waals surface area (Å²) in [5.74, 6) is 0.643. The minimum absolute atomic E-state index is 0.0764. The SMILES string of the molecule is CNc1cc(C(=O)N(C)CC2CC2)c([N+](=O)[O-])cn1. The van der Waals surface area contributed by atoms with Gasteiger partial charge in [-0.25, -0.2) is 4.98 Å². The fourth-order valence-corrected chi connectivity index (χ4v) is 1.88. The van der Waals surface area contributed by atoms with Crippen molar-refractivity contribution in [3.8, 4) is 0 Å². The van der Waals surface area contributed by atoms with Crippen LogP contribution in [0.4, 0.5) is 11.5 Å². The number of hydrogen-bond donors (Lipinski definition) is 1. The fraction of sp³-hybridized carbons (Fsp3) is 0.500. The number of carbonyl (C=O) groups is 1. The first-order valence-electron chi connectivity index (χ1n) is 6.10. The van der Waals surface area contributed by atoms with Gasteiger partial charge in [-0.3, -0.25) is 14.9 Å². The molecule has 1 N–H and O–H groups in total. The normalized spacial score (nSPS) is 14.0. The van der Waals surface area contributed by atoms with Gasteiger partial charge in [0.2, 0.25) is 0 Å². The van der Waals surface area contributed by atoms with E-state index >= 15 is 0 Å². The quantitative estimate of drug-likeness (QED) is 0.643. The van der Waals surface area contributed by atoms with Crippen LogP contribution in [0, 0.1) is 16.0 Å². The van der Waals surface area contributed by atoms with Gasteiger partial charge in [-0.1, -0.05) is 0 Å². The van der Waals surface area contributed by atoms with Gasteiger partial charge in [-0.2, -0.15) is 0 Å². The van der Waals surface area contributed by atoms with Crippen LogP contribution in [-0.4, -0.2) is 41.4 Å². The molecule has 0 aromatic carbocycles. The third-order valence-electron chi connectivity index (χ3n) is 3.14. The average Bonchev–Trinajstić information content (AvgIpc) is 3.20. The molecule has 0 spiro atoms. The van der Waals surface area contributed by atoms with Crippen molar-refractivity contribution in [1.29, 1.82) is 0 Å². The van der Waals surface area contributed by atoms with Gasteiger partial charge in [0.25, 0.3) is 11.6 Å². The van der Waals surface area contributed by atoms with Gasteiger partial charge in [0.05, 0.1) is 4.92 Å². The van der Waals surface area contributed by atoms with E-state index in [4.69, 9.17) is 0 Å². The molecule has 19 heavy (non-hydrogen) atoms. The molecule has 0 atom stereocenters. The van der Waals surface area contributed by atoms with Crippen molar-refractivity contribution in [1.82, 2.24) is 9.88 Å². The molecule has 1 aliphatic rings. The van der Waals surface area contributed by atoms with Crippen molar-refractivity contribution in [3.05, 3.63) is 27.9 Å². The fourth-order valence-electron chi connectivity index (χ4n) is 1.88. The molecule has 0 saturated heterocycles. The molecule has 0 bridgehead atoms. The Morgan fingerprint density at radius 1 is 1.63 bits per heavy atom. The van der Waals surface area contributed by atoms with Gasteiger partial charge in [0.15, 0.2) is 0 Å². The average molecular weight is 264 g/mol. The van der Waals surface area contributed by atoms with E-state index in [2.05, 4.69) is 10.3 Å². The molecular formula is C12H16N4O3. The molecule has 1 fully saturated rings. The number of amides is 1. The first-order valence-corrected chi connectivity index (χ1v) is 6.10. The Hall–Kier alpha value is -2.18. The Morgan fingerprint density at radius 3 is 2.84 bits per heavy atom. The number of rotatable bonds is 5. The van der Waals surface area contributed by atoms with Gasteiger partial charge in [-0.15, -0.1) is 0 Å². The molecule has 1 aromatic heterocycles. The molecule has 1 heterocycles. The van der Waals surface area contributed by atoms with Gasteiger partial charge in [0.1, 0.15) is 17.6 Å². The molecule has 7 heteroatoms. The first kappa shape index (κ1) is 13.3. The highest BCUT2D eigenvalue weighted by Gasteiger charge is 2.28. The maximum atomic E-state index is 12.3. The van der Waals surface area contributed by atoms with E-state index in [0.717, 1.165) is 19.0 Å². The van der Waals surface area contributed by atoms with Gasteiger partial charge in [0, 0.05) is 26.7 Å². The Morgan fingerprint density at radius 2 is 2.32 bits per heavy atom. The minimum atomic E-state index is -0.579. The summed E-state index contributed by atoms with van der Waals surface area (Å²) in [7, 11) is 3.32. The van der Waals surface area contributed by atoms with E-state index in [1.807, 2.05) is 0 Å². The van der Waals surface area contributed by atoms with Crippen LogP contribution < -0.4 is 5.32 Å². The molecule has 1 aliphatic carbocycles. The van der Waals surface area contributed by atoms with E-state index in [1.165, 1.54) is 6.07 Å². The largest absolute Gasteiger partial charge is 0.373 e. The molecule has 0 aliphatic heterocycles. The molecule has 7 nitrogen and oxygen atoms in total. The second-order valence-electron chi connectivity index (χ2n) is 4.72. The van der Waals surface area contributed by atoms with Crippen molar-refractivity contribution in [2.75, 3.05) is 26.0 Å². The standard InChI is InChI=1S/C12H16N4O3/c1-13-11-5-9(10(6-14-11)16(18)19)12(17)15(2)7-8-3-4-8/h5-6,8H,3-4,7H2,1-2H3,(H,13,14). The summed E-state index contributed by atoms with van der Waals surface area (Å²) >= 11 is 0. The summed E-state index contributed by atoms with van der Waals surface area (Å²) < 4.78 is 0. The monoisotopic (exact) mass is 264 g/mol. The first-order chi connectivity index (χ1) is 9.02. The highest BCUT2D eigenvalue weighted by Crippen LogP contribution is 2.30. The van der Waals surface area contributed by atoms with Crippen LogP contribution in [0.15, 0.2) is 12.3 Å². The summed E-state index contributed by atoms with van der Waals surface area (Å²) in [4.78, 5) is 28.1. The van der Waals surface area contributed by atoms with Crippen LogP contribution in [0.3, 0.4) is 0 Å². The summed E-state index contributed by atoms with van der Waals surface area (Å²) in [5.41, 5.74) is -0.181. The van der Waals surface area contributed by atoms with Gasteiger partial charge in [-0.05, 0) is 18.8 Å². The third-order valence-corrected chi connectivity index (χ3v) is 3.14. The Bertz CT molecular complexity index is 514. The summed E-state index contributed by atoms with van der Waals surface area (Å²) in [5, 5.41) is 13.7. The molecule has 0 radical (unpaired) electrons. The second-order valence-corrected chi connectivity index (χ2v) is 4.72. The van der Waals surface area contributed by atoms with Crippen LogP contribution in [0.2, 0.25) is 0 Å².